The summed E-state index contributed by atoms with van der Waals surface area (Å²) in [6.07, 6.45) is 0. The summed E-state index contributed by atoms with van der Waals surface area (Å²) in [6.45, 7) is 0. The molecule has 0 amide bonds. The van der Waals surface area contributed by atoms with E-state index in [0.29, 0.717) is 0 Å². The van der Waals surface area contributed by atoms with Crippen molar-refractivity contribution < 1.29 is 32.9 Å². The number of hydrogen-bond donors (Lipinski definition) is 0. The van der Waals surface area contributed by atoms with E-state index in [1.807, 2.05) is 0 Å². The summed E-state index contributed by atoms with van der Waals surface area (Å²) in [5, 5.41) is 0. The Morgan fingerprint density at radius 2 is 0.556 bits per heavy atom. The second kappa shape index (κ2) is 124. The molecule has 0 saturated carbocycles. The van der Waals surface area contributed by atoms with Crippen molar-refractivity contribution in [1.82, 2.24) is 0 Å². The van der Waals surface area contributed by atoms with Gasteiger partial charge in [0.05, 0.1) is 0 Å². The van der Waals surface area contributed by atoms with Crippen molar-refractivity contribution in [2.45, 2.75) is 0 Å². The second-order valence-corrected chi connectivity index (χ2v) is 5.64. The van der Waals surface area contributed by atoms with Gasteiger partial charge in [0.2, 0.25) is 0 Å². The first-order valence-electron chi connectivity index (χ1n) is 0.378. The molecule has 9 heteroatoms. The standard InChI is InChI=1S/2ClH.6H2O.Pb/h2*1H;6*1H2;/q;;;;;;;;+2/p-2. The van der Waals surface area contributed by atoms with E-state index in [0.717, 1.165) is 0 Å². The minimum atomic E-state index is -0.972. The maximum atomic E-state index is 4.96. The van der Waals surface area contributed by atoms with E-state index in [2.05, 4.69) is 0 Å². The van der Waals surface area contributed by atoms with Crippen LogP contribution >= 0.6 is 16.6 Å². The van der Waals surface area contributed by atoms with E-state index in [-0.39, 0.29) is 32.9 Å². The van der Waals surface area contributed by atoms with Crippen molar-refractivity contribution in [1.29, 1.82) is 0 Å². The molecule has 9 heavy (non-hydrogen) atoms. The van der Waals surface area contributed by atoms with E-state index in [9.17, 15) is 0 Å². The molecule has 0 spiro atoms. The van der Waals surface area contributed by atoms with Crippen molar-refractivity contribution in [2.75, 3.05) is 0 Å². The van der Waals surface area contributed by atoms with Gasteiger partial charge < -0.3 is 32.9 Å². The third kappa shape index (κ3) is 307. The molecule has 66 valence electrons. The Hall–Kier alpha value is 1.26. The Morgan fingerprint density at radius 1 is 0.556 bits per heavy atom. The van der Waals surface area contributed by atoms with Crippen molar-refractivity contribution in [3.05, 3.63) is 0 Å². The van der Waals surface area contributed by atoms with Crippen molar-refractivity contribution in [3.8, 4) is 0 Å². The summed E-state index contributed by atoms with van der Waals surface area (Å²) in [7, 11) is 9.92. The van der Waals surface area contributed by atoms with Crippen LogP contribution in [0.2, 0.25) is 0 Å². The third-order valence-corrected chi connectivity index (χ3v) is 0. The van der Waals surface area contributed by atoms with Crippen molar-refractivity contribution in [3.63, 3.8) is 0 Å². The SMILES string of the molecule is O.O.O.O.O.O.[Cl][Pb][Cl]. The summed E-state index contributed by atoms with van der Waals surface area (Å²) in [5.74, 6) is 0. The van der Waals surface area contributed by atoms with Crippen LogP contribution in [0.5, 0.6) is 0 Å². The van der Waals surface area contributed by atoms with Gasteiger partial charge in [-0.15, -0.1) is 0 Å². The van der Waals surface area contributed by atoms with Gasteiger partial charge in [0, 0.05) is 0 Å². The van der Waals surface area contributed by atoms with Crippen LogP contribution in [0.25, 0.3) is 0 Å². The van der Waals surface area contributed by atoms with Crippen LogP contribution in [-0.2, 0) is 0 Å². The summed E-state index contributed by atoms with van der Waals surface area (Å²) in [5.41, 5.74) is 0. The van der Waals surface area contributed by atoms with Gasteiger partial charge in [0.1, 0.15) is 0 Å². The zero-order valence-electron chi connectivity index (χ0n) is 4.26. The zero-order valence-corrected chi connectivity index (χ0v) is 9.66. The first-order chi connectivity index (χ1) is 1.41. The number of halogens is 2. The molecule has 0 aliphatic carbocycles. The molecule has 0 rings (SSSR count). The molecule has 0 aromatic rings. The maximum absolute atomic E-state index is 4.96. The van der Waals surface area contributed by atoms with Crippen LogP contribution in [0.1, 0.15) is 0 Å². The summed E-state index contributed by atoms with van der Waals surface area (Å²) >= 11 is -0.972. The second-order valence-electron chi connectivity index (χ2n) is 0.0714. The van der Waals surface area contributed by atoms with Gasteiger partial charge in [0.25, 0.3) is 0 Å². The van der Waals surface area contributed by atoms with Crippen LogP contribution in [-0.4, -0.2) is 54.6 Å². The molecule has 6 nitrogen and oxygen atoms in total. The van der Waals surface area contributed by atoms with Crippen LogP contribution in [0.3, 0.4) is 0 Å². The van der Waals surface area contributed by atoms with Crippen LogP contribution in [0.4, 0.5) is 0 Å². The first-order valence-corrected chi connectivity index (χ1v) is 9.95. The Bertz CT molecular complexity index is 11.0. The fourth-order valence-corrected chi connectivity index (χ4v) is 0. The van der Waals surface area contributed by atoms with E-state index < -0.39 is 21.8 Å². The fraction of sp³-hybridized carbons (Fsp3) is 0. The van der Waals surface area contributed by atoms with Gasteiger partial charge in [-0.2, -0.15) is 0 Å². The molecule has 0 unspecified atom stereocenters. The van der Waals surface area contributed by atoms with Gasteiger partial charge in [0.15, 0.2) is 0 Å². The average molecular weight is 386 g/mol. The molecule has 0 atom stereocenters. The van der Waals surface area contributed by atoms with E-state index in [1.54, 1.807) is 0 Å². The minimum absolute atomic E-state index is 0. The summed E-state index contributed by atoms with van der Waals surface area (Å²) in [4.78, 5) is 0. The number of hydrogen-bond acceptors (Lipinski definition) is 0. The molecule has 0 aliphatic rings. The van der Waals surface area contributed by atoms with Gasteiger partial charge in [-0.05, 0) is 0 Å². The van der Waals surface area contributed by atoms with Crippen LogP contribution in [0, 0.1) is 0 Å². The Morgan fingerprint density at radius 3 is 0.556 bits per heavy atom. The molecule has 0 aliphatic heterocycles. The van der Waals surface area contributed by atoms with Gasteiger partial charge in [-0.3, -0.25) is 0 Å². The summed E-state index contributed by atoms with van der Waals surface area (Å²) < 4.78 is 0. The molecule has 12 N–H and O–H groups in total. The van der Waals surface area contributed by atoms with E-state index in [4.69, 9.17) is 16.6 Å². The van der Waals surface area contributed by atoms with E-state index in [1.165, 1.54) is 0 Å². The molecule has 0 aromatic carbocycles. The van der Waals surface area contributed by atoms with Crippen LogP contribution in [0.15, 0.2) is 0 Å². The molecule has 0 saturated heterocycles. The third-order valence-electron chi connectivity index (χ3n) is 0. The van der Waals surface area contributed by atoms with Crippen molar-refractivity contribution >= 4 is 38.4 Å². The first kappa shape index (κ1) is 82.7. The topological polar surface area (TPSA) is 189 Å². The molecule has 0 heterocycles. The van der Waals surface area contributed by atoms with Gasteiger partial charge >= 0.3 is 38.4 Å². The molecule has 0 fully saturated rings. The fourth-order valence-electron chi connectivity index (χ4n) is 0. The Kier molecular flexibility index (Phi) is 1140. The summed E-state index contributed by atoms with van der Waals surface area (Å²) in [6, 6.07) is 0. The molecular formula is H12Cl2O6Pb. The molecule has 0 bridgehead atoms. The molecule has 0 aromatic heterocycles. The number of rotatable bonds is 0. The molecular weight excluding hydrogens is 374 g/mol. The van der Waals surface area contributed by atoms with Gasteiger partial charge in [-0.1, -0.05) is 0 Å². The predicted molar refractivity (Wildman–Crippen MR) is 39.1 cm³/mol. The zero-order chi connectivity index (χ0) is 2.71. The average Bonchev–Trinajstić information content (AvgIpc) is 0.918. The quantitative estimate of drug-likeness (QED) is 0.368. The normalized spacial score (nSPS) is 2.00. The van der Waals surface area contributed by atoms with E-state index >= 15 is 0 Å². The van der Waals surface area contributed by atoms with Gasteiger partial charge in [-0.25, -0.2) is 0 Å². The Balaban J connectivity index is -0.00000000133. The monoisotopic (exact) mass is 386 g/mol. The Labute approximate surface area is 71.1 Å². The van der Waals surface area contributed by atoms with Crippen molar-refractivity contribution in [2.24, 2.45) is 0 Å². The molecule has 2 radical (unpaired) electrons. The van der Waals surface area contributed by atoms with Crippen LogP contribution < -0.4 is 0 Å². The predicted octanol–water partition coefficient (Wildman–Crippen LogP) is -3.95.